The van der Waals surface area contributed by atoms with Crippen molar-refractivity contribution in [1.82, 2.24) is 4.90 Å². The summed E-state index contributed by atoms with van der Waals surface area (Å²) in [4.78, 5) is 2.52. The summed E-state index contributed by atoms with van der Waals surface area (Å²) in [6.45, 7) is 4.80. The molecule has 1 saturated carbocycles. The number of hydrogen-bond acceptors (Lipinski definition) is 2. The third-order valence-corrected chi connectivity index (χ3v) is 4.42. The molecule has 0 saturated heterocycles. The Kier molecular flexibility index (Phi) is 6.06. The van der Waals surface area contributed by atoms with E-state index in [2.05, 4.69) is 31.5 Å². The molecule has 0 bridgehead atoms. The second-order valence-corrected chi connectivity index (χ2v) is 5.63. The van der Waals surface area contributed by atoms with E-state index in [0.29, 0.717) is 5.41 Å². The van der Waals surface area contributed by atoms with Gasteiger partial charge in [-0.2, -0.15) is 12.6 Å². The topological polar surface area (TPSA) is 3.24 Å². The summed E-state index contributed by atoms with van der Waals surface area (Å²) < 4.78 is 0. The molecule has 0 aromatic rings. The zero-order valence-electron chi connectivity index (χ0n) is 10.5. The standard InChI is InChI=1S/C13H27NS/c1-3-4-7-10-14(2)11-13(12-15)8-5-6-9-13/h15H,3-12H2,1-2H3. The van der Waals surface area contributed by atoms with Gasteiger partial charge < -0.3 is 4.90 Å². The molecule has 0 unspecified atom stereocenters. The van der Waals surface area contributed by atoms with Crippen molar-refractivity contribution in [1.29, 1.82) is 0 Å². The Morgan fingerprint density at radius 1 is 1.20 bits per heavy atom. The van der Waals surface area contributed by atoms with Crippen LogP contribution in [0.2, 0.25) is 0 Å². The number of rotatable bonds is 7. The summed E-state index contributed by atoms with van der Waals surface area (Å²) in [5.74, 6) is 1.07. The molecule has 1 aliphatic carbocycles. The number of unbranched alkanes of at least 4 members (excludes halogenated alkanes) is 2. The molecule has 0 aliphatic heterocycles. The molecule has 1 aliphatic rings. The van der Waals surface area contributed by atoms with Crippen LogP contribution in [0.15, 0.2) is 0 Å². The van der Waals surface area contributed by atoms with Gasteiger partial charge in [0.1, 0.15) is 0 Å². The van der Waals surface area contributed by atoms with Gasteiger partial charge in [0, 0.05) is 6.54 Å². The predicted octanol–water partition coefficient (Wildman–Crippen LogP) is 3.60. The summed E-state index contributed by atoms with van der Waals surface area (Å²) in [6.07, 6.45) is 9.69. The first-order chi connectivity index (χ1) is 7.22. The van der Waals surface area contributed by atoms with Gasteiger partial charge in [0.2, 0.25) is 0 Å². The van der Waals surface area contributed by atoms with Crippen LogP contribution in [0.3, 0.4) is 0 Å². The lowest BCUT2D eigenvalue weighted by Gasteiger charge is -2.32. The van der Waals surface area contributed by atoms with Crippen molar-refractivity contribution in [3.63, 3.8) is 0 Å². The smallest absolute Gasteiger partial charge is 0.00427 e. The van der Waals surface area contributed by atoms with E-state index in [0.717, 1.165) is 5.75 Å². The third kappa shape index (κ3) is 4.36. The van der Waals surface area contributed by atoms with E-state index in [4.69, 9.17) is 0 Å². The molecule has 0 amide bonds. The normalized spacial score (nSPS) is 20.0. The number of hydrogen-bond donors (Lipinski definition) is 1. The van der Waals surface area contributed by atoms with Crippen LogP contribution >= 0.6 is 12.6 Å². The number of thiol groups is 1. The van der Waals surface area contributed by atoms with Gasteiger partial charge in [-0.3, -0.25) is 0 Å². The SMILES string of the molecule is CCCCCN(C)CC1(CS)CCCC1. The van der Waals surface area contributed by atoms with Gasteiger partial charge in [-0.25, -0.2) is 0 Å². The summed E-state index contributed by atoms with van der Waals surface area (Å²) in [5.41, 5.74) is 0.546. The van der Waals surface area contributed by atoms with Crippen LogP contribution in [0.4, 0.5) is 0 Å². The molecule has 2 heteroatoms. The maximum absolute atomic E-state index is 4.56. The van der Waals surface area contributed by atoms with Crippen molar-refractivity contribution in [3.05, 3.63) is 0 Å². The summed E-state index contributed by atoms with van der Waals surface area (Å²) in [5, 5.41) is 0. The Morgan fingerprint density at radius 2 is 1.87 bits per heavy atom. The fraction of sp³-hybridized carbons (Fsp3) is 1.00. The van der Waals surface area contributed by atoms with Gasteiger partial charge in [-0.15, -0.1) is 0 Å². The maximum atomic E-state index is 4.56. The highest BCUT2D eigenvalue weighted by Crippen LogP contribution is 2.39. The van der Waals surface area contributed by atoms with Gasteiger partial charge in [0.05, 0.1) is 0 Å². The summed E-state index contributed by atoms with van der Waals surface area (Å²) in [7, 11) is 2.28. The minimum absolute atomic E-state index is 0.546. The lowest BCUT2D eigenvalue weighted by molar-refractivity contribution is 0.199. The molecule has 15 heavy (non-hydrogen) atoms. The van der Waals surface area contributed by atoms with E-state index < -0.39 is 0 Å². The second kappa shape index (κ2) is 6.80. The average Bonchev–Trinajstić information content (AvgIpc) is 2.67. The van der Waals surface area contributed by atoms with E-state index in [9.17, 15) is 0 Å². The quantitative estimate of drug-likeness (QED) is 0.516. The maximum Gasteiger partial charge on any atom is 0.00427 e. The van der Waals surface area contributed by atoms with Crippen LogP contribution in [-0.4, -0.2) is 30.8 Å². The van der Waals surface area contributed by atoms with E-state index >= 15 is 0 Å². The molecule has 1 fully saturated rings. The Morgan fingerprint density at radius 3 is 2.40 bits per heavy atom. The lowest BCUT2D eigenvalue weighted by atomic mass is 9.88. The molecule has 0 aromatic heterocycles. The highest BCUT2D eigenvalue weighted by molar-refractivity contribution is 7.80. The Hall–Kier alpha value is 0.310. The zero-order valence-corrected chi connectivity index (χ0v) is 11.4. The fourth-order valence-corrected chi connectivity index (χ4v) is 3.19. The van der Waals surface area contributed by atoms with Crippen LogP contribution in [0.1, 0.15) is 51.9 Å². The first-order valence-electron chi connectivity index (χ1n) is 6.52. The molecular weight excluding hydrogens is 202 g/mol. The van der Waals surface area contributed by atoms with Gasteiger partial charge in [-0.1, -0.05) is 32.6 Å². The van der Waals surface area contributed by atoms with Crippen LogP contribution in [-0.2, 0) is 0 Å². The van der Waals surface area contributed by atoms with Gasteiger partial charge in [0.15, 0.2) is 0 Å². The van der Waals surface area contributed by atoms with Gasteiger partial charge in [0.25, 0.3) is 0 Å². The Balaban J connectivity index is 2.25. The monoisotopic (exact) mass is 229 g/mol. The van der Waals surface area contributed by atoms with Crippen molar-refractivity contribution in [2.45, 2.75) is 51.9 Å². The molecule has 0 spiro atoms. The van der Waals surface area contributed by atoms with E-state index in [1.807, 2.05) is 0 Å². The lowest BCUT2D eigenvalue weighted by Crippen LogP contribution is -2.35. The Bertz CT molecular complexity index is 164. The highest BCUT2D eigenvalue weighted by Gasteiger charge is 2.33. The minimum Gasteiger partial charge on any atom is -0.306 e. The molecule has 1 rings (SSSR count). The molecule has 0 heterocycles. The molecule has 0 radical (unpaired) electrons. The van der Waals surface area contributed by atoms with E-state index in [-0.39, 0.29) is 0 Å². The third-order valence-electron chi connectivity index (χ3n) is 3.75. The summed E-state index contributed by atoms with van der Waals surface area (Å²) in [6, 6.07) is 0. The Labute approximate surface area is 101 Å². The van der Waals surface area contributed by atoms with Gasteiger partial charge in [-0.05, 0) is 44.0 Å². The molecule has 90 valence electrons. The first-order valence-corrected chi connectivity index (χ1v) is 7.15. The van der Waals surface area contributed by atoms with Crippen molar-refractivity contribution in [3.8, 4) is 0 Å². The molecule has 0 aromatic carbocycles. The largest absolute Gasteiger partial charge is 0.306 e. The van der Waals surface area contributed by atoms with Gasteiger partial charge >= 0.3 is 0 Å². The molecule has 0 N–H and O–H groups in total. The predicted molar refractivity (Wildman–Crippen MR) is 71.8 cm³/mol. The van der Waals surface area contributed by atoms with Crippen LogP contribution in [0.25, 0.3) is 0 Å². The van der Waals surface area contributed by atoms with Crippen molar-refractivity contribution >= 4 is 12.6 Å². The highest BCUT2D eigenvalue weighted by atomic mass is 32.1. The van der Waals surface area contributed by atoms with Crippen molar-refractivity contribution in [2.24, 2.45) is 5.41 Å². The van der Waals surface area contributed by atoms with E-state index in [1.165, 1.54) is 58.0 Å². The molecular formula is C13H27NS. The van der Waals surface area contributed by atoms with E-state index in [1.54, 1.807) is 0 Å². The second-order valence-electron chi connectivity index (χ2n) is 5.31. The summed E-state index contributed by atoms with van der Waals surface area (Å²) >= 11 is 4.56. The average molecular weight is 229 g/mol. The van der Waals surface area contributed by atoms with Crippen molar-refractivity contribution < 1.29 is 0 Å². The van der Waals surface area contributed by atoms with Crippen molar-refractivity contribution in [2.75, 3.05) is 25.9 Å². The van der Waals surface area contributed by atoms with Crippen LogP contribution < -0.4 is 0 Å². The first kappa shape index (κ1) is 13.4. The molecule has 0 atom stereocenters. The van der Waals surface area contributed by atoms with Crippen LogP contribution in [0.5, 0.6) is 0 Å². The molecule has 1 nitrogen and oxygen atoms in total. The zero-order chi connectivity index (χ0) is 11.1. The minimum atomic E-state index is 0.546. The fourth-order valence-electron chi connectivity index (χ4n) is 2.77. The van der Waals surface area contributed by atoms with Crippen LogP contribution in [0, 0.1) is 5.41 Å². The number of nitrogens with zero attached hydrogens (tertiary/aromatic N) is 1.